The van der Waals surface area contributed by atoms with E-state index in [2.05, 4.69) is 33.9 Å². The van der Waals surface area contributed by atoms with Gasteiger partial charge in [-0.05, 0) is 83.9 Å². The first kappa shape index (κ1) is 43.2. The number of amidine groups is 1. The molecule has 4 aromatic rings. The molecule has 2 aliphatic rings. The molecule has 300 valence electrons. The lowest BCUT2D eigenvalue weighted by Crippen LogP contribution is -2.21. The number of phenolic OH excluding ortho intramolecular Hbond substituents is 2. The minimum Gasteiger partial charge on any atom is -0.504 e. The van der Waals surface area contributed by atoms with Crippen molar-refractivity contribution in [3.05, 3.63) is 106 Å². The van der Waals surface area contributed by atoms with Crippen LogP contribution in [0.4, 0.5) is 0 Å². The molecule has 0 fully saturated rings. The molecule has 0 saturated heterocycles. The van der Waals surface area contributed by atoms with Crippen molar-refractivity contribution < 1.29 is 55.6 Å². The van der Waals surface area contributed by atoms with E-state index in [1.165, 1.54) is 82.1 Å². The number of ether oxygens (including phenoxy) is 4. The summed E-state index contributed by atoms with van der Waals surface area (Å²) >= 11 is 5.65. The highest BCUT2D eigenvalue weighted by molar-refractivity contribution is 7.91. The Balaban J connectivity index is 0.000000209. The summed E-state index contributed by atoms with van der Waals surface area (Å²) in [7, 11) is 0.911. The van der Waals surface area contributed by atoms with Crippen molar-refractivity contribution in [2.24, 2.45) is 19.0 Å². The highest BCUT2D eigenvalue weighted by atomic mass is 35.5. The number of sulfonamides is 2. The van der Waals surface area contributed by atoms with E-state index < -0.39 is 32.0 Å². The molecule has 21 heteroatoms. The monoisotopic (exact) mass is 842 g/mol. The molecule has 4 aromatic carbocycles. The van der Waals surface area contributed by atoms with Gasteiger partial charge in [0, 0.05) is 25.2 Å². The number of rotatable bonds is 8. The van der Waals surface area contributed by atoms with Gasteiger partial charge in [-0.3, -0.25) is 0 Å². The first-order valence-electron chi connectivity index (χ1n) is 16.0. The SMILES string of the molecule is CN/N=C/c1ccc(O)c(OC)c1.COC(=O)c1ccc2c(c1)S(=O)(=O)N=C2Cl.COC(=O)c1ccc2c(c1)S(=O)(=O)N=C2N(C)/N=C/c1ccc(O)c(OC)c1. The zero-order valence-corrected chi connectivity index (χ0v) is 33.4. The molecule has 0 spiro atoms. The third-order valence-corrected chi connectivity index (χ3v) is 10.7. The summed E-state index contributed by atoms with van der Waals surface area (Å²) in [5, 5.41) is 28.2. The van der Waals surface area contributed by atoms with Crippen LogP contribution in [-0.2, 0) is 29.5 Å². The Morgan fingerprint density at radius 3 is 1.68 bits per heavy atom. The molecule has 0 amide bonds. The van der Waals surface area contributed by atoms with Crippen molar-refractivity contribution in [1.82, 2.24) is 10.4 Å². The van der Waals surface area contributed by atoms with Crippen molar-refractivity contribution in [3.8, 4) is 23.0 Å². The van der Waals surface area contributed by atoms with E-state index in [1.807, 2.05) is 0 Å². The zero-order chi connectivity index (χ0) is 42.1. The van der Waals surface area contributed by atoms with E-state index in [0.29, 0.717) is 22.4 Å². The third-order valence-electron chi connectivity index (χ3n) is 7.67. The van der Waals surface area contributed by atoms with Crippen LogP contribution in [0.3, 0.4) is 0 Å². The number of hydrazone groups is 2. The van der Waals surface area contributed by atoms with E-state index in [-0.39, 0.29) is 49.2 Å². The summed E-state index contributed by atoms with van der Waals surface area (Å²) in [6.07, 6.45) is 3.11. The van der Waals surface area contributed by atoms with Crippen LogP contribution in [0.1, 0.15) is 43.0 Å². The molecular weight excluding hydrogens is 808 g/mol. The fourth-order valence-electron chi connectivity index (χ4n) is 4.86. The van der Waals surface area contributed by atoms with E-state index in [9.17, 15) is 36.6 Å². The van der Waals surface area contributed by atoms with Crippen LogP contribution in [-0.4, -0.2) is 110 Å². The Labute approximate surface area is 332 Å². The lowest BCUT2D eigenvalue weighted by Gasteiger charge is -2.13. The number of methoxy groups -OCH3 is 4. The zero-order valence-electron chi connectivity index (χ0n) is 31.0. The second kappa shape index (κ2) is 18.4. The maximum atomic E-state index is 12.4. The number of benzene rings is 4. The van der Waals surface area contributed by atoms with Crippen molar-refractivity contribution in [3.63, 3.8) is 0 Å². The Morgan fingerprint density at radius 1 is 0.719 bits per heavy atom. The number of aromatic hydroxyl groups is 2. The Morgan fingerprint density at radius 2 is 1.19 bits per heavy atom. The van der Waals surface area contributed by atoms with Gasteiger partial charge < -0.3 is 34.6 Å². The maximum Gasteiger partial charge on any atom is 0.337 e. The number of carbonyl (C=O) groups is 2. The first-order valence-corrected chi connectivity index (χ1v) is 19.3. The number of nitrogens with one attached hydrogen (secondary N) is 1. The molecule has 0 aromatic heterocycles. The van der Waals surface area contributed by atoms with Crippen LogP contribution in [0, 0.1) is 0 Å². The number of esters is 2. The highest BCUT2D eigenvalue weighted by Crippen LogP contribution is 2.31. The standard InChI is InChI=1S/C18H17N3O6S.C9H6ClNO4S.C9H12N2O2/c1-21(19-10-11-4-7-14(22)15(8-11)26-2)17-13-6-5-12(18(23)27-3)9-16(13)28(24,25)20-17;1-15-9(12)5-2-3-6-7(4-5)16(13,14)11-8(6)10;1-10-11-6-7-3-4-8(12)9(5-7)13-2/h4-10,22H,1-3H3;2-4H,1H3;3-6,10,12H,1-2H3/b19-10+;;11-6+. The Bertz CT molecular complexity index is 2540. The molecule has 2 aliphatic heterocycles. The van der Waals surface area contributed by atoms with Gasteiger partial charge in [0.25, 0.3) is 20.0 Å². The largest absolute Gasteiger partial charge is 0.504 e. The van der Waals surface area contributed by atoms with Crippen molar-refractivity contribution in [2.75, 3.05) is 42.5 Å². The number of hydrogen-bond donors (Lipinski definition) is 3. The second-order valence-corrected chi connectivity index (χ2v) is 14.8. The van der Waals surface area contributed by atoms with Crippen LogP contribution in [0.25, 0.3) is 0 Å². The Kier molecular flexibility index (Phi) is 14.0. The quantitative estimate of drug-likeness (QED) is 0.130. The maximum absolute atomic E-state index is 12.4. The lowest BCUT2D eigenvalue weighted by atomic mass is 10.1. The topological polar surface area (TPSA) is 245 Å². The van der Waals surface area contributed by atoms with E-state index in [0.717, 1.165) is 5.56 Å². The summed E-state index contributed by atoms with van der Waals surface area (Å²) in [6, 6.07) is 17.9. The molecule has 2 heterocycles. The lowest BCUT2D eigenvalue weighted by molar-refractivity contribution is 0.0591. The number of phenols is 2. The fraction of sp³-hybridized carbons (Fsp3) is 0.167. The predicted octanol–water partition coefficient (Wildman–Crippen LogP) is 3.72. The van der Waals surface area contributed by atoms with Crippen LogP contribution in [0.5, 0.6) is 23.0 Å². The minimum absolute atomic E-state index is 0.00500. The summed E-state index contributed by atoms with van der Waals surface area (Å²) in [4.78, 5) is 22.7. The van der Waals surface area contributed by atoms with Crippen LogP contribution in [0.15, 0.2) is 102 Å². The second-order valence-electron chi connectivity index (χ2n) is 11.3. The molecule has 57 heavy (non-hydrogen) atoms. The molecular formula is C36H35ClN6O12S2. The number of fused-ring (bicyclic) bond motifs is 2. The van der Waals surface area contributed by atoms with Gasteiger partial charge >= 0.3 is 11.9 Å². The molecule has 3 N–H and O–H groups in total. The van der Waals surface area contributed by atoms with Crippen molar-refractivity contribution in [2.45, 2.75) is 9.79 Å². The van der Waals surface area contributed by atoms with E-state index in [4.69, 9.17) is 21.1 Å². The highest BCUT2D eigenvalue weighted by Gasteiger charge is 2.32. The van der Waals surface area contributed by atoms with Crippen LogP contribution < -0.4 is 14.9 Å². The average Bonchev–Trinajstić information content (AvgIpc) is 3.62. The number of hydrogen-bond acceptors (Lipinski definition) is 16. The number of nitrogens with zero attached hydrogens (tertiary/aromatic N) is 5. The first-order chi connectivity index (χ1) is 27.0. The number of halogens is 1. The molecule has 6 rings (SSSR count). The molecule has 18 nitrogen and oxygen atoms in total. The smallest absolute Gasteiger partial charge is 0.337 e. The molecule has 0 radical (unpaired) electrons. The molecule has 0 unspecified atom stereocenters. The Hall–Kier alpha value is -6.51. The van der Waals surface area contributed by atoms with Gasteiger partial charge in [-0.15, -0.1) is 8.80 Å². The molecule has 0 saturated carbocycles. The summed E-state index contributed by atoms with van der Waals surface area (Å²) in [5.41, 5.74) is 5.02. The van der Waals surface area contributed by atoms with Gasteiger partial charge in [0.1, 0.15) is 9.79 Å². The fourth-order valence-corrected chi connectivity index (χ4v) is 7.74. The summed E-state index contributed by atoms with van der Waals surface area (Å²) in [6.45, 7) is 0. The number of carbonyl (C=O) groups excluding carboxylic acids is 2. The molecule has 0 bridgehead atoms. The molecule has 0 atom stereocenters. The average molecular weight is 843 g/mol. The third kappa shape index (κ3) is 10.2. The van der Waals surface area contributed by atoms with Gasteiger partial charge in [0.2, 0.25) is 0 Å². The van der Waals surface area contributed by atoms with E-state index >= 15 is 0 Å². The van der Waals surface area contributed by atoms with Gasteiger partial charge in [0.15, 0.2) is 34.0 Å². The normalized spacial score (nSPS) is 14.1. The van der Waals surface area contributed by atoms with Crippen molar-refractivity contribution in [1.29, 1.82) is 0 Å². The van der Waals surface area contributed by atoms with Gasteiger partial charge in [-0.25, -0.2) is 14.6 Å². The summed E-state index contributed by atoms with van der Waals surface area (Å²) < 4.78 is 73.9. The van der Waals surface area contributed by atoms with Crippen LogP contribution in [0.2, 0.25) is 0 Å². The minimum atomic E-state index is -3.95. The molecule has 0 aliphatic carbocycles. The van der Waals surface area contributed by atoms with Crippen LogP contribution >= 0.6 is 11.6 Å². The van der Waals surface area contributed by atoms with Gasteiger partial charge in [0.05, 0.1) is 52.0 Å². The van der Waals surface area contributed by atoms with Crippen molar-refractivity contribution >= 4 is 67.0 Å². The van der Waals surface area contributed by atoms with E-state index in [1.54, 1.807) is 50.6 Å². The predicted molar refractivity (Wildman–Crippen MR) is 210 cm³/mol. The summed E-state index contributed by atoms with van der Waals surface area (Å²) in [5.74, 6) is -0.277. The van der Waals surface area contributed by atoms with Gasteiger partial charge in [-0.1, -0.05) is 11.6 Å². The van der Waals surface area contributed by atoms with Gasteiger partial charge in [-0.2, -0.15) is 27.0 Å².